The molecule has 0 spiro atoms. The van der Waals surface area contributed by atoms with Crippen LogP contribution in [-0.4, -0.2) is 18.1 Å². The van der Waals surface area contributed by atoms with Gasteiger partial charge in [0.25, 0.3) is 0 Å². The molecule has 0 aliphatic rings. The van der Waals surface area contributed by atoms with Gasteiger partial charge in [-0.15, -0.1) is 0 Å². The Morgan fingerprint density at radius 3 is 2.27 bits per heavy atom. The van der Waals surface area contributed by atoms with Crippen LogP contribution in [0.15, 0.2) is 47.5 Å². The van der Waals surface area contributed by atoms with Gasteiger partial charge in [-0.2, -0.15) is 13.2 Å². The van der Waals surface area contributed by atoms with E-state index in [0.29, 0.717) is 18.1 Å². The lowest BCUT2D eigenvalue weighted by Crippen LogP contribution is -2.36. The lowest BCUT2D eigenvalue weighted by Gasteiger charge is -2.14. The molecule has 140 valence electrons. The second kappa shape index (κ2) is 8.66. The smallest absolute Gasteiger partial charge is 0.392 e. The van der Waals surface area contributed by atoms with Crippen LogP contribution in [0.3, 0.4) is 0 Å². The molecule has 0 radical (unpaired) electrons. The van der Waals surface area contributed by atoms with E-state index in [4.69, 9.17) is 5.11 Å². The molecule has 0 bridgehead atoms. The molecule has 3 N–H and O–H groups in total. The van der Waals surface area contributed by atoms with Gasteiger partial charge in [-0.3, -0.25) is 4.99 Å². The zero-order valence-corrected chi connectivity index (χ0v) is 14.1. The van der Waals surface area contributed by atoms with Gasteiger partial charge >= 0.3 is 6.18 Å². The van der Waals surface area contributed by atoms with Crippen LogP contribution in [-0.2, 0) is 25.9 Å². The highest BCUT2D eigenvalue weighted by molar-refractivity contribution is 5.79. The summed E-state index contributed by atoms with van der Waals surface area (Å²) < 4.78 is 51.6. The van der Waals surface area contributed by atoms with Crippen molar-refractivity contribution in [1.82, 2.24) is 10.6 Å². The Balaban J connectivity index is 1.94. The molecule has 0 unspecified atom stereocenters. The van der Waals surface area contributed by atoms with Crippen LogP contribution in [0.2, 0.25) is 0 Å². The van der Waals surface area contributed by atoms with Gasteiger partial charge in [0.15, 0.2) is 5.96 Å². The fraction of sp³-hybridized carbons (Fsp3) is 0.278. The number of rotatable bonds is 5. The van der Waals surface area contributed by atoms with E-state index in [0.717, 1.165) is 17.7 Å². The molecule has 4 nitrogen and oxygen atoms in total. The number of halogens is 4. The van der Waals surface area contributed by atoms with E-state index in [1.807, 2.05) is 0 Å². The Hall–Kier alpha value is -2.61. The molecule has 0 atom stereocenters. The molecule has 8 heteroatoms. The minimum Gasteiger partial charge on any atom is -0.392 e. The number of hydrogen-bond acceptors (Lipinski definition) is 2. The van der Waals surface area contributed by atoms with Crippen LogP contribution in [0.25, 0.3) is 0 Å². The Labute approximate surface area is 148 Å². The molecular weight excluding hydrogens is 350 g/mol. The van der Waals surface area contributed by atoms with Crippen LogP contribution in [0, 0.1) is 5.82 Å². The Kier molecular flexibility index (Phi) is 6.57. The quantitative estimate of drug-likeness (QED) is 0.431. The highest BCUT2D eigenvalue weighted by Gasteiger charge is 2.30. The van der Waals surface area contributed by atoms with Crippen molar-refractivity contribution in [3.63, 3.8) is 0 Å². The van der Waals surface area contributed by atoms with Crippen LogP contribution in [0.1, 0.15) is 22.3 Å². The summed E-state index contributed by atoms with van der Waals surface area (Å²) in [6.07, 6.45) is -4.39. The molecule has 2 aromatic carbocycles. The maximum atomic E-state index is 13.4. The van der Waals surface area contributed by atoms with Crippen LogP contribution >= 0.6 is 0 Å². The van der Waals surface area contributed by atoms with Crippen molar-refractivity contribution >= 4 is 5.96 Å². The average molecular weight is 369 g/mol. The molecule has 0 fully saturated rings. The first-order chi connectivity index (χ1) is 12.3. The fourth-order valence-electron chi connectivity index (χ4n) is 2.31. The summed E-state index contributed by atoms with van der Waals surface area (Å²) in [5.41, 5.74) is 0.684. The van der Waals surface area contributed by atoms with Gasteiger partial charge < -0.3 is 15.7 Å². The first-order valence-electron chi connectivity index (χ1n) is 7.82. The third-order valence-electron chi connectivity index (χ3n) is 3.68. The molecule has 0 saturated heterocycles. The normalized spacial score (nSPS) is 12.2. The predicted octanol–water partition coefficient (Wildman–Crippen LogP) is 3.20. The van der Waals surface area contributed by atoms with Crippen molar-refractivity contribution in [1.29, 1.82) is 0 Å². The van der Waals surface area contributed by atoms with E-state index in [1.54, 1.807) is 12.1 Å². The van der Waals surface area contributed by atoms with Crippen molar-refractivity contribution in [3.05, 3.63) is 70.5 Å². The molecule has 26 heavy (non-hydrogen) atoms. The maximum absolute atomic E-state index is 13.4. The van der Waals surface area contributed by atoms with Gasteiger partial charge in [0, 0.05) is 25.7 Å². The Morgan fingerprint density at radius 1 is 1.04 bits per heavy atom. The second-order valence-corrected chi connectivity index (χ2v) is 5.56. The molecule has 0 saturated carbocycles. The molecular formula is C18H19F4N3O. The largest absolute Gasteiger partial charge is 0.416 e. The van der Waals surface area contributed by atoms with Crippen LogP contribution in [0.5, 0.6) is 0 Å². The standard InChI is InChI=1S/C18H19F4N3O/c1-23-17(25-10-13-5-6-16(19)14(7-13)11-26)24-9-12-3-2-4-15(8-12)18(20,21)22/h2-8,26H,9-11H2,1H3,(H2,23,24,25). The van der Waals surface area contributed by atoms with Crippen molar-refractivity contribution in [2.24, 2.45) is 4.99 Å². The van der Waals surface area contributed by atoms with Gasteiger partial charge in [-0.1, -0.05) is 18.2 Å². The number of aliphatic hydroxyl groups excluding tert-OH is 1. The zero-order valence-electron chi connectivity index (χ0n) is 14.1. The third-order valence-corrected chi connectivity index (χ3v) is 3.68. The van der Waals surface area contributed by atoms with Crippen molar-refractivity contribution in [2.45, 2.75) is 25.9 Å². The molecule has 0 aliphatic heterocycles. The molecule has 0 amide bonds. The van der Waals surface area contributed by atoms with Gasteiger partial charge in [-0.05, 0) is 35.4 Å². The van der Waals surface area contributed by atoms with E-state index in [9.17, 15) is 17.6 Å². The summed E-state index contributed by atoms with van der Waals surface area (Å²) in [6, 6.07) is 9.40. The van der Waals surface area contributed by atoms with Gasteiger partial charge in [0.2, 0.25) is 0 Å². The highest BCUT2D eigenvalue weighted by Crippen LogP contribution is 2.29. The minimum absolute atomic E-state index is 0.162. The van der Waals surface area contributed by atoms with Crippen molar-refractivity contribution in [2.75, 3.05) is 7.05 Å². The third kappa shape index (κ3) is 5.45. The number of alkyl halides is 3. The zero-order chi connectivity index (χ0) is 19.2. The number of nitrogens with one attached hydrogen (secondary N) is 2. The summed E-state index contributed by atoms with van der Waals surface area (Å²) in [5, 5.41) is 15.0. The van der Waals surface area contributed by atoms with E-state index in [2.05, 4.69) is 15.6 Å². The molecule has 0 aliphatic carbocycles. The van der Waals surface area contributed by atoms with Gasteiger partial charge in [0.1, 0.15) is 5.82 Å². The average Bonchev–Trinajstić information content (AvgIpc) is 2.62. The van der Waals surface area contributed by atoms with Crippen LogP contribution < -0.4 is 10.6 Å². The topological polar surface area (TPSA) is 56.7 Å². The summed E-state index contributed by atoms with van der Waals surface area (Å²) in [7, 11) is 1.53. The second-order valence-electron chi connectivity index (χ2n) is 5.56. The number of guanidine groups is 1. The van der Waals surface area contributed by atoms with Crippen molar-refractivity contribution < 1.29 is 22.7 Å². The lowest BCUT2D eigenvalue weighted by atomic mass is 10.1. The Morgan fingerprint density at radius 2 is 1.69 bits per heavy atom. The lowest BCUT2D eigenvalue weighted by molar-refractivity contribution is -0.137. The van der Waals surface area contributed by atoms with Gasteiger partial charge in [-0.25, -0.2) is 4.39 Å². The van der Waals surface area contributed by atoms with E-state index >= 15 is 0 Å². The van der Waals surface area contributed by atoms with E-state index < -0.39 is 24.2 Å². The number of aliphatic imine (C=N–C) groups is 1. The number of aliphatic hydroxyl groups is 1. The molecule has 0 aromatic heterocycles. The summed E-state index contributed by atoms with van der Waals surface area (Å²) in [4.78, 5) is 4.00. The summed E-state index contributed by atoms with van der Waals surface area (Å²) >= 11 is 0. The Bertz CT molecular complexity index is 775. The summed E-state index contributed by atoms with van der Waals surface area (Å²) in [6.45, 7) is 0.0760. The molecule has 0 heterocycles. The minimum atomic E-state index is -4.39. The SMILES string of the molecule is CN=C(NCc1cccc(C(F)(F)F)c1)NCc1ccc(F)c(CO)c1. The first kappa shape index (κ1) is 19.7. The summed E-state index contributed by atoms with van der Waals surface area (Å²) in [5.74, 6) is -0.0967. The number of benzene rings is 2. The molecule has 2 aromatic rings. The monoisotopic (exact) mass is 369 g/mol. The highest BCUT2D eigenvalue weighted by atomic mass is 19.4. The first-order valence-corrected chi connectivity index (χ1v) is 7.82. The number of hydrogen-bond donors (Lipinski definition) is 3. The predicted molar refractivity (Wildman–Crippen MR) is 90.8 cm³/mol. The number of nitrogens with zero attached hydrogens (tertiary/aromatic N) is 1. The van der Waals surface area contributed by atoms with Crippen molar-refractivity contribution in [3.8, 4) is 0 Å². The maximum Gasteiger partial charge on any atom is 0.416 e. The van der Waals surface area contributed by atoms with E-state index in [1.165, 1.54) is 25.2 Å². The van der Waals surface area contributed by atoms with E-state index in [-0.39, 0.29) is 12.1 Å². The fourth-order valence-corrected chi connectivity index (χ4v) is 2.31. The molecule has 2 rings (SSSR count). The van der Waals surface area contributed by atoms with Gasteiger partial charge in [0.05, 0.1) is 12.2 Å². The van der Waals surface area contributed by atoms with Crippen LogP contribution in [0.4, 0.5) is 17.6 Å².